The van der Waals surface area contributed by atoms with Crippen molar-refractivity contribution in [2.24, 2.45) is 17.1 Å². The number of benzene rings is 1. The Hall–Kier alpha value is -0.890. The highest BCUT2D eigenvalue weighted by Crippen LogP contribution is 2.48. The second-order valence-electron chi connectivity index (χ2n) is 7.17. The summed E-state index contributed by atoms with van der Waals surface area (Å²) in [5.41, 5.74) is 8.47. The molecule has 2 heteroatoms. The van der Waals surface area contributed by atoms with Crippen molar-refractivity contribution in [3.05, 3.63) is 35.1 Å². The second-order valence-corrected chi connectivity index (χ2v) is 7.17. The summed E-state index contributed by atoms with van der Waals surface area (Å²) in [5, 5.41) is 0. The molecule has 1 aliphatic carbocycles. The van der Waals surface area contributed by atoms with Gasteiger partial charge in [-0.3, -0.25) is 0 Å². The number of halogens is 1. The van der Waals surface area contributed by atoms with Gasteiger partial charge in [-0.2, -0.15) is 0 Å². The third kappa shape index (κ3) is 2.69. The van der Waals surface area contributed by atoms with Crippen molar-refractivity contribution >= 4 is 0 Å². The molecule has 1 fully saturated rings. The van der Waals surface area contributed by atoms with E-state index in [1.54, 1.807) is 6.07 Å². The summed E-state index contributed by atoms with van der Waals surface area (Å²) in [7, 11) is 0. The zero-order chi connectivity index (χ0) is 14.3. The highest BCUT2D eigenvalue weighted by atomic mass is 19.1. The van der Waals surface area contributed by atoms with Gasteiger partial charge < -0.3 is 5.73 Å². The molecule has 0 aromatic heterocycles. The van der Waals surface area contributed by atoms with Gasteiger partial charge in [0.2, 0.25) is 0 Å². The maximum absolute atomic E-state index is 13.5. The summed E-state index contributed by atoms with van der Waals surface area (Å²) in [5.74, 6) is 0.300. The van der Waals surface area contributed by atoms with Crippen LogP contribution >= 0.6 is 0 Å². The quantitative estimate of drug-likeness (QED) is 0.791. The van der Waals surface area contributed by atoms with Gasteiger partial charge in [0.15, 0.2) is 0 Å². The van der Waals surface area contributed by atoms with Crippen LogP contribution in [0, 0.1) is 24.1 Å². The molecule has 1 aromatic rings. The molecule has 1 saturated carbocycles. The first-order valence-electron chi connectivity index (χ1n) is 7.30. The van der Waals surface area contributed by atoms with E-state index >= 15 is 0 Å². The average Bonchev–Trinajstić information content (AvgIpc) is 2.31. The zero-order valence-corrected chi connectivity index (χ0v) is 12.6. The van der Waals surface area contributed by atoms with Crippen LogP contribution in [0.1, 0.15) is 57.6 Å². The van der Waals surface area contributed by atoms with Crippen LogP contribution in [-0.2, 0) is 5.54 Å². The zero-order valence-electron chi connectivity index (χ0n) is 12.6. The molecule has 0 spiro atoms. The van der Waals surface area contributed by atoms with E-state index in [9.17, 15) is 4.39 Å². The molecule has 2 rings (SSSR count). The van der Waals surface area contributed by atoms with Gasteiger partial charge in [-0.05, 0) is 48.3 Å². The number of aryl methyl sites for hydroxylation is 1. The molecule has 0 bridgehead atoms. The molecule has 2 N–H and O–H groups in total. The molecular weight excluding hydrogens is 237 g/mol. The fraction of sp³-hybridized carbons (Fsp3) is 0.647. The van der Waals surface area contributed by atoms with E-state index in [2.05, 4.69) is 20.8 Å². The van der Waals surface area contributed by atoms with Gasteiger partial charge in [0.1, 0.15) is 5.82 Å². The lowest BCUT2D eigenvalue weighted by atomic mass is 9.60. The standard InChI is InChI=1S/C17H26FN/c1-12-11-13(8-9-14(12)18)17(19)10-6-5-7-15(17)16(2,3)4/h8-9,11,15H,5-7,10,19H2,1-4H3. The van der Waals surface area contributed by atoms with E-state index < -0.39 is 0 Å². The van der Waals surface area contributed by atoms with E-state index in [1.807, 2.05) is 19.1 Å². The topological polar surface area (TPSA) is 26.0 Å². The fourth-order valence-corrected chi connectivity index (χ4v) is 3.68. The summed E-state index contributed by atoms with van der Waals surface area (Å²) in [6.45, 7) is 8.61. The SMILES string of the molecule is Cc1cc(C2(N)CCCCC2C(C)(C)C)ccc1F. The van der Waals surface area contributed by atoms with Crippen molar-refractivity contribution < 1.29 is 4.39 Å². The Bertz CT molecular complexity index is 461. The van der Waals surface area contributed by atoms with Crippen LogP contribution in [0.4, 0.5) is 4.39 Å². The Labute approximate surface area is 116 Å². The van der Waals surface area contributed by atoms with Gasteiger partial charge in [0.05, 0.1) is 0 Å². The average molecular weight is 263 g/mol. The molecular formula is C17H26FN. The number of hydrogen-bond acceptors (Lipinski definition) is 1. The first-order chi connectivity index (χ1) is 8.75. The third-order valence-corrected chi connectivity index (χ3v) is 4.70. The van der Waals surface area contributed by atoms with Crippen molar-refractivity contribution in [2.75, 3.05) is 0 Å². The minimum absolute atomic E-state index is 0.143. The lowest BCUT2D eigenvalue weighted by Crippen LogP contribution is -2.51. The summed E-state index contributed by atoms with van der Waals surface area (Å²) < 4.78 is 13.5. The van der Waals surface area contributed by atoms with Gasteiger partial charge in [-0.15, -0.1) is 0 Å². The van der Waals surface area contributed by atoms with Crippen LogP contribution in [0.25, 0.3) is 0 Å². The van der Waals surface area contributed by atoms with Crippen molar-refractivity contribution in [2.45, 2.75) is 58.9 Å². The molecule has 0 saturated heterocycles. The molecule has 0 heterocycles. The Morgan fingerprint density at radius 2 is 1.95 bits per heavy atom. The van der Waals surface area contributed by atoms with Gasteiger partial charge in [0.25, 0.3) is 0 Å². The molecule has 19 heavy (non-hydrogen) atoms. The van der Waals surface area contributed by atoms with Crippen LogP contribution in [0.5, 0.6) is 0 Å². The maximum atomic E-state index is 13.5. The maximum Gasteiger partial charge on any atom is 0.126 e. The van der Waals surface area contributed by atoms with Crippen LogP contribution in [0.2, 0.25) is 0 Å². The second kappa shape index (κ2) is 4.90. The van der Waals surface area contributed by atoms with Crippen LogP contribution in [-0.4, -0.2) is 0 Å². The Kier molecular flexibility index (Phi) is 3.74. The molecule has 1 nitrogen and oxygen atoms in total. The van der Waals surface area contributed by atoms with Crippen LogP contribution in [0.3, 0.4) is 0 Å². The third-order valence-electron chi connectivity index (χ3n) is 4.70. The smallest absolute Gasteiger partial charge is 0.126 e. The molecule has 2 atom stereocenters. The highest BCUT2D eigenvalue weighted by Gasteiger charge is 2.44. The Balaban J connectivity index is 2.45. The fourth-order valence-electron chi connectivity index (χ4n) is 3.68. The normalized spacial score (nSPS) is 28.4. The molecule has 0 radical (unpaired) electrons. The molecule has 2 unspecified atom stereocenters. The lowest BCUT2D eigenvalue weighted by Gasteiger charge is -2.48. The minimum Gasteiger partial charge on any atom is -0.321 e. The Morgan fingerprint density at radius 3 is 2.53 bits per heavy atom. The van der Waals surface area contributed by atoms with Gasteiger partial charge in [-0.25, -0.2) is 4.39 Å². The van der Waals surface area contributed by atoms with E-state index in [1.165, 1.54) is 12.8 Å². The summed E-state index contributed by atoms with van der Waals surface area (Å²) >= 11 is 0. The molecule has 1 aromatic carbocycles. The van der Waals surface area contributed by atoms with E-state index in [0.717, 1.165) is 18.4 Å². The van der Waals surface area contributed by atoms with Gasteiger partial charge in [-0.1, -0.05) is 45.7 Å². The minimum atomic E-state index is -0.311. The predicted molar refractivity (Wildman–Crippen MR) is 78.4 cm³/mol. The molecule has 1 aliphatic rings. The van der Waals surface area contributed by atoms with E-state index in [4.69, 9.17) is 5.73 Å². The van der Waals surface area contributed by atoms with Crippen molar-refractivity contribution in [3.8, 4) is 0 Å². The van der Waals surface area contributed by atoms with Gasteiger partial charge in [0, 0.05) is 5.54 Å². The predicted octanol–water partition coefficient (Wildman–Crippen LogP) is 4.52. The summed E-state index contributed by atoms with van der Waals surface area (Å²) in [6, 6.07) is 5.39. The molecule has 0 amide bonds. The largest absolute Gasteiger partial charge is 0.321 e. The first kappa shape index (κ1) is 14.5. The van der Waals surface area contributed by atoms with Crippen molar-refractivity contribution in [1.82, 2.24) is 0 Å². The number of nitrogens with two attached hydrogens (primary N) is 1. The first-order valence-corrected chi connectivity index (χ1v) is 7.30. The molecule has 106 valence electrons. The van der Waals surface area contributed by atoms with E-state index in [0.29, 0.717) is 11.5 Å². The van der Waals surface area contributed by atoms with Crippen molar-refractivity contribution in [1.29, 1.82) is 0 Å². The van der Waals surface area contributed by atoms with Crippen molar-refractivity contribution in [3.63, 3.8) is 0 Å². The highest BCUT2D eigenvalue weighted by molar-refractivity contribution is 5.31. The molecule has 0 aliphatic heterocycles. The summed E-state index contributed by atoms with van der Waals surface area (Å²) in [4.78, 5) is 0. The van der Waals surface area contributed by atoms with Crippen LogP contribution in [0.15, 0.2) is 18.2 Å². The monoisotopic (exact) mass is 263 g/mol. The number of hydrogen-bond donors (Lipinski definition) is 1. The summed E-state index contributed by atoms with van der Waals surface area (Å²) in [6.07, 6.45) is 4.58. The number of rotatable bonds is 1. The van der Waals surface area contributed by atoms with Crippen LogP contribution < -0.4 is 5.73 Å². The van der Waals surface area contributed by atoms with Gasteiger partial charge >= 0.3 is 0 Å². The van der Waals surface area contributed by atoms with E-state index in [-0.39, 0.29) is 16.8 Å². The Morgan fingerprint density at radius 1 is 1.26 bits per heavy atom. The lowest BCUT2D eigenvalue weighted by molar-refractivity contribution is 0.0777.